The average molecular weight is 383 g/mol. The lowest BCUT2D eigenvalue weighted by Gasteiger charge is -2.18. The fourth-order valence-corrected chi connectivity index (χ4v) is 3.16. The maximum Gasteiger partial charge on any atom is 0.262 e. The molecule has 0 aliphatic rings. The van der Waals surface area contributed by atoms with E-state index in [-0.39, 0.29) is 12.5 Å². The Kier molecular flexibility index (Phi) is 6.66. The zero-order valence-corrected chi connectivity index (χ0v) is 16.3. The first-order valence-electron chi connectivity index (χ1n) is 9.58. The molecule has 0 unspecified atom stereocenters. The van der Waals surface area contributed by atoms with E-state index in [1.165, 1.54) is 12.1 Å². The predicted octanol–water partition coefficient (Wildman–Crippen LogP) is 4.14. The van der Waals surface area contributed by atoms with E-state index >= 15 is 0 Å². The fraction of sp³-hybridized carbons (Fsp3) is 0.318. The summed E-state index contributed by atoms with van der Waals surface area (Å²) in [5, 5.41) is 3.89. The Balaban J connectivity index is 1.59. The van der Waals surface area contributed by atoms with E-state index in [0.29, 0.717) is 11.4 Å². The summed E-state index contributed by atoms with van der Waals surface area (Å²) in [5.74, 6) is -0.352. The second kappa shape index (κ2) is 9.37. The van der Waals surface area contributed by atoms with Crippen molar-refractivity contribution in [3.63, 3.8) is 0 Å². The minimum atomic E-state index is -0.395. The van der Waals surface area contributed by atoms with Gasteiger partial charge in [-0.1, -0.05) is 19.9 Å². The van der Waals surface area contributed by atoms with Crippen LogP contribution in [0, 0.1) is 5.82 Å². The molecule has 28 heavy (non-hydrogen) atoms. The largest absolute Gasteiger partial charge is 0.484 e. The Morgan fingerprint density at radius 1 is 1.14 bits per heavy atom. The van der Waals surface area contributed by atoms with Crippen LogP contribution >= 0.6 is 0 Å². The van der Waals surface area contributed by atoms with Gasteiger partial charge in [0.05, 0.1) is 0 Å². The Morgan fingerprint density at radius 2 is 1.96 bits per heavy atom. The van der Waals surface area contributed by atoms with Crippen molar-refractivity contribution in [2.45, 2.75) is 20.4 Å². The van der Waals surface area contributed by atoms with Gasteiger partial charge >= 0.3 is 0 Å². The molecule has 1 aromatic heterocycles. The number of rotatable bonds is 9. The van der Waals surface area contributed by atoms with Gasteiger partial charge in [0.2, 0.25) is 0 Å². The topological polar surface area (TPSA) is 46.5 Å². The zero-order valence-electron chi connectivity index (χ0n) is 16.3. The quantitative estimate of drug-likeness (QED) is 0.604. The highest BCUT2D eigenvalue weighted by Gasteiger charge is 2.08. The molecule has 0 spiro atoms. The van der Waals surface area contributed by atoms with Crippen molar-refractivity contribution >= 4 is 22.5 Å². The van der Waals surface area contributed by atoms with E-state index < -0.39 is 5.82 Å². The first-order chi connectivity index (χ1) is 13.6. The van der Waals surface area contributed by atoms with Gasteiger partial charge in [-0.25, -0.2) is 4.39 Å². The van der Waals surface area contributed by atoms with Gasteiger partial charge in [0.15, 0.2) is 6.61 Å². The summed E-state index contributed by atoms with van der Waals surface area (Å²) in [7, 11) is 0. The first-order valence-corrected chi connectivity index (χ1v) is 9.58. The fourth-order valence-electron chi connectivity index (χ4n) is 3.16. The maximum absolute atomic E-state index is 13.1. The van der Waals surface area contributed by atoms with Crippen molar-refractivity contribution in [1.29, 1.82) is 0 Å². The second-order valence-corrected chi connectivity index (χ2v) is 6.60. The number of hydrogen-bond acceptors (Lipinski definition) is 3. The van der Waals surface area contributed by atoms with Crippen LogP contribution in [0.2, 0.25) is 0 Å². The highest BCUT2D eigenvalue weighted by atomic mass is 19.1. The summed E-state index contributed by atoms with van der Waals surface area (Å²) < 4.78 is 20.7. The third kappa shape index (κ3) is 5.10. The molecule has 6 heteroatoms. The lowest BCUT2D eigenvalue weighted by atomic mass is 10.2. The van der Waals surface area contributed by atoms with Crippen LogP contribution in [-0.2, 0) is 11.3 Å². The lowest BCUT2D eigenvalue weighted by molar-refractivity contribution is -0.118. The summed E-state index contributed by atoms with van der Waals surface area (Å²) in [6, 6.07) is 13.6. The maximum atomic E-state index is 13.1. The summed E-state index contributed by atoms with van der Waals surface area (Å²) >= 11 is 0. The van der Waals surface area contributed by atoms with Crippen molar-refractivity contribution in [3.05, 3.63) is 60.5 Å². The van der Waals surface area contributed by atoms with Crippen LogP contribution in [0.25, 0.3) is 10.9 Å². The predicted molar refractivity (Wildman–Crippen MR) is 110 cm³/mol. The molecule has 3 rings (SSSR count). The first kappa shape index (κ1) is 19.9. The third-order valence-electron chi connectivity index (χ3n) is 4.77. The molecule has 0 fully saturated rings. The highest BCUT2D eigenvalue weighted by molar-refractivity contribution is 5.94. The number of carbonyl (C=O) groups excluding carboxylic acids is 1. The molecular formula is C22H26FN3O2. The van der Waals surface area contributed by atoms with Crippen LogP contribution in [0.4, 0.5) is 10.1 Å². The van der Waals surface area contributed by atoms with Crippen molar-refractivity contribution in [1.82, 2.24) is 9.47 Å². The molecule has 0 bridgehead atoms. The van der Waals surface area contributed by atoms with Gasteiger partial charge in [0.25, 0.3) is 5.91 Å². The second-order valence-electron chi connectivity index (χ2n) is 6.60. The number of ether oxygens (including phenoxy) is 1. The number of anilines is 1. The summed E-state index contributed by atoms with van der Waals surface area (Å²) in [6.07, 6.45) is 2.08. The van der Waals surface area contributed by atoms with Crippen LogP contribution in [0.5, 0.6) is 5.75 Å². The van der Waals surface area contributed by atoms with E-state index in [1.807, 2.05) is 18.2 Å². The number of amides is 1. The summed E-state index contributed by atoms with van der Waals surface area (Å²) in [4.78, 5) is 14.5. The molecule has 0 radical (unpaired) electrons. The molecule has 3 aromatic rings. The number of likely N-dealkylation sites (N-methyl/N-ethyl adjacent to an activating group) is 1. The van der Waals surface area contributed by atoms with E-state index in [2.05, 4.69) is 40.9 Å². The van der Waals surface area contributed by atoms with Gasteiger partial charge in [-0.05, 0) is 49.5 Å². The van der Waals surface area contributed by atoms with Crippen molar-refractivity contribution in [2.24, 2.45) is 0 Å². The Morgan fingerprint density at radius 3 is 2.71 bits per heavy atom. The average Bonchev–Trinajstić information content (AvgIpc) is 3.09. The van der Waals surface area contributed by atoms with Gasteiger partial charge in [0, 0.05) is 41.9 Å². The minimum absolute atomic E-state index is 0.174. The molecule has 5 nitrogen and oxygen atoms in total. The Hall–Kier alpha value is -2.86. The Labute approximate surface area is 164 Å². The van der Waals surface area contributed by atoms with E-state index in [9.17, 15) is 9.18 Å². The normalized spacial score (nSPS) is 11.1. The van der Waals surface area contributed by atoms with Crippen molar-refractivity contribution in [2.75, 3.05) is 31.6 Å². The Bertz CT molecular complexity index is 934. The van der Waals surface area contributed by atoms with Crippen LogP contribution in [0.3, 0.4) is 0 Å². The molecule has 0 saturated carbocycles. The zero-order chi connectivity index (χ0) is 19.9. The molecule has 148 valence electrons. The molecule has 1 heterocycles. The standard InChI is InChI=1S/C22H26FN3O2/c1-3-25(4-2)12-13-26-11-10-17-14-19(8-9-21(17)26)24-22(27)16-28-20-7-5-6-18(23)15-20/h5-11,14-15H,3-4,12-13,16H2,1-2H3,(H,24,27). The number of aromatic nitrogens is 1. The number of nitrogens with one attached hydrogen (secondary N) is 1. The number of nitrogens with zero attached hydrogens (tertiary/aromatic N) is 2. The number of hydrogen-bond donors (Lipinski definition) is 1. The van der Waals surface area contributed by atoms with Gasteiger partial charge in [-0.2, -0.15) is 0 Å². The van der Waals surface area contributed by atoms with E-state index in [1.54, 1.807) is 12.1 Å². The highest BCUT2D eigenvalue weighted by Crippen LogP contribution is 2.21. The summed E-state index contributed by atoms with van der Waals surface area (Å²) in [5.41, 5.74) is 1.85. The van der Waals surface area contributed by atoms with Gasteiger partial charge in [-0.3, -0.25) is 4.79 Å². The molecule has 0 aliphatic heterocycles. The van der Waals surface area contributed by atoms with Crippen LogP contribution < -0.4 is 10.1 Å². The van der Waals surface area contributed by atoms with Crippen LogP contribution in [0.1, 0.15) is 13.8 Å². The summed E-state index contributed by atoms with van der Waals surface area (Å²) in [6.45, 7) is 8.19. The molecule has 0 atom stereocenters. The third-order valence-corrected chi connectivity index (χ3v) is 4.77. The lowest BCUT2D eigenvalue weighted by Crippen LogP contribution is -2.26. The number of carbonyl (C=O) groups is 1. The molecular weight excluding hydrogens is 357 g/mol. The number of fused-ring (bicyclic) bond motifs is 1. The smallest absolute Gasteiger partial charge is 0.262 e. The van der Waals surface area contributed by atoms with Crippen molar-refractivity contribution in [3.8, 4) is 5.75 Å². The number of benzene rings is 2. The van der Waals surface area contributed by atoms with Gasteiger partial charge in [0.1, 0.15) is 11.6 Å². The molecule has 1 N–H and O–H groups in total. The van der Waals surface area contributed by atoms with E-state index in [4.69, 9.17) is 4.74 Å². The molecule has 0 aliphatic carbocycles. The monoisotopic (exact) mass is 383 g/mol. The molecule has 2 aromatic carbocycles. The SMILES string of the molecule is CCN(CC)CCn1ccc2cc(NC(=O)COc3cccc(F)c3)ccc21. The van der Waals surface area contributed by atoms with Crippen molar-refractivity contribution < 1.29 is 13.9 Å². The van der Waals surface area contributed by atoms with Gasteiger partial charge < -0.3 is 19.5 Å². The van der Waals surface area contributed by atoms with Crippen LogP contribution in [0.15, 0.2) is 54.7 Å². The molecule has 1 amide bonds. The minimum Gasteiger partial charge on any atom is -0.484 e. The molecule has 0 saturated heterocycles. The van der Waals surface area contributed by atoms with Crippen LogP contribution in [-0.4, -0.2) is 41.6 Å². The number of halogens is 1. The van der Waals surface area contributed by atoms with Gasteiger partial charge in [-0.15, -0.1) is 0 Å². The van der Waals surface area contributed by atoms with E-state index in [0.717, 1.165) is 37.1 Å².